The summed E-state index contributed by atoms with van der Waals surface area (Å²) in [6.45, 7) is 4.38. The molecule has 1 fully saturated rings. The van der Waals surface area contributed by atoms with Crippen molar-refractivity contribution < 1.29 is 9.47 Å². The minimum absolute atomic E-state index is 0.461. The molecule has 3 nitrogen and oxygen atoms in total. The molecule has 1 aromatic carbocycles. The monoisotopic (exact) mass is 207 g/mol. The lowest BCUT2D eigenvalue weighted by atomic mass is 10.2. The molecule has 1 N–H and O–H groups in total. The minimum Gasteiger partial charge on any atom is -0.494 e. The first-order valence-corrected chi connectivity index (χ1v) is 5.45. The lowest BCUT2D eigenvalue weighted by molar-refractivity contribution is 0.195. The molecule has 0 aliphatic carbocycles. The average Bonchev–Trinajstić information content (AvgIpc) is 2.74. The van der Waals surface area contributed by atoms with Gasteiger partial charge in [0.15, 0.2) is 0 Å². The maximum absolute atomic E-state index is 5.38. The zero-order valence-electron chi connectivity index (χ0n) is 9.03. The maximum atomic E-state index is 5.38. The molecule has 1 atom stereocenters. The molecule has 0 saturated carbocycles. The van der Waals surface area contributed by atoms with E-state index in [-0.39, 0.29) is 0 Å². The van der Waals surface area contributed by atoms with E-state index in [1.165, 1.54) is 0 Å². The Bertz CT molecular complexity index is 291. The van der Waals surface area contributed by atoms with Crippen LogP contribution in [-0.4, -0.2) is 25.9 Å². The van der Waals surface area contributed by atoms with Gasteiger partial charge in [-0.15, -0.1) is 0 Å². The van der Waals surface area contributed by atoms with Gasteiger partial charge in [-0.1, -0.05) is 0 Å². The van der Waals surface area contributed by atoms with E-state index in [1.54, 1.807) is 0 Å². The Hall–Kier alpha value is -1.22. The van der Waals surface area contributed by atoms with E-state index in [4.69, 9.17) is 9.47 Å². The largest absolute Gasteiger partial charge is 0.494 e. The lowest BCUT2D eigenvalue weighted by Gasteiger charge is -2.12. The molecule has 0 radical (unpaired) electrons. The van der Waals surface area contributed by atoms with E-state index in [1.807, 2.05) is 31.2 Å². The number of rotatable bonds is 4. The molecule has 0 amide bonds. The third-order valence-electron chi connectivity index (χ3n) is 2.47. The molecule has 82 valence electrons. The van der Waals surface area contributed by atoms with Crippen LogP contribution in [0.5, 0.6) is 5.75 Å². The lowest BCUT2D eigenvalue weighted by Crippen LogP contribution is -2.18. The Labute approximate surface area is 90.4 Å². The zero-order chi connectivity index (χ0) is 10.5. The van der Waals surface area contributed by atoms with Crippen molar-refractivity contribution in [2.45, 2.75) is 19.4 Å². The van der Waals surface area contributed by atoms with Crippen LogP contribution in [0.2, 0.25) is 0 Å². The molecule has 1 aliphatic heterocycles. The molecule has 1 saturated heterocycles. The molecule has 15 heavy (non-hydrogen) atoms. The van der Waals surface area contributed by atoms with Crippen molar-refractivity contribution in [3.8, 4) is 5.75 Å². The first-order chi connectivity index (χ1) is 7.38. The van der Waals surface area contributed by atoms with Crippen molar-refractivity contribution in [2.75, 3.05) is 25.1 Å². The van der Waals surface area contributed by atoms with Crippen molar-refractivity contribution in [3.05, 3.63) is 24.3 Å². The van der Waals surface area contributed by atoms with Crippen LogP contribution < -0.4 is 10.1 Å². The Kier molecular flexibility index (Phi) is 3.45. The summed E-state index contributed by atoms with van der Waals surface area (Å²) in [5, 5.41) is 3.43. The second-order valence-corrected chi connectivity index (χ2v) is 3.66. The van der Waals surface area contributed by atoms with E-state index in [2.05, 4.69) is 5.32 Å². The molecule has 0 bridgehead atoms. The van der Waals surface area contributed by atoms with Crippen LogP contribution >= 0.6 is 0 Å². The first-order valence-electron chi connectivity index (χ1n) is 5.45. The SMILES string of the molecule is CCOc1ccc(NC2CCOC2)cc1. The van der Waals surface area contributed by atoms with Crippen molar-refractivity contribution in [1.29, 1.82) is 0 Å². The summed E-state index contributed by atoms with van der Waals surface area (Å²) in [7, 11) is 0. The highest BCUT2D eigenvalue weighted by molar-refractivity contribution is 5.47. The van der Waals surface area contributed by atoms with Crippen molar-refractivity contribution in [1.82, 2.24) is 0 Å². The van der Waals surface area contributed by atoms with Crippen LogP contribution in [0, 0.1) is 0 Å². The van der Waals surface area contributed by atoms with Gasteiger partial charge in [0.05, 0.1) is 19.3 Å². The second kappa shape index (κ2) is 5.03. The quantitative estimate of drug-likeness (QED) is 0.821. The average molecular weight is 207 g/mol. The predicted molar refractivity (Wildman–Crippen MR) is 60.5 cm³/mol. The van der Waals surface area contributed by atoms with Crippen LogP contribution in [0.25, 0.3) is 0 Å². The molecule has 1 heterocycles. The molecule has 1 aromatic rings. The molecule has 1 aliphatic rings. The maximum Gasteiger partial charge on any atom is 0.119 e. The van der Waals surface area contributed by atoms with Gasteiger partial charge in [0.1, 0.15) is 5.75 Å². The highest BCUT2D eigenvalue weighted by atomic mass is 16.5. The number of nitrogens with one attached hydrogen (secondary N) is 1. The van der Waals surface area contributed by atoms with Gasteiger partial charge in [0, 0.05) is 12.3 Å². The normalized spacial score (nSPS) is 20.2. The second-order valence-electron chi connectivity index (χ2n) is 3.66. The van der Waals surface area contributed by atoms with Crippen LogP contribution in [-0.2, 0) is 4.74 Å². The van der Waals surface area contributed by atoms with E-state index in [0.717, 1.165) is 31.1 Å². The van der Waals surface area contributed by atoms with Gasteiger partial charge in [0.25, 0.3) is 0 Å². The van der Waals surface area contributed by atoms with Crippen LogP contribution in [0.4, 0.5) is 5.69 Å². The van der Waals surface area contributed by atoms with Gasteiger partial charge in [-0.2, -0.15) is 0 Å². The number of hydrogen-bond donors (Lipinski definition) is 1. The summed E-state index contributed by atoms with van der Waals surface area (Å²) in [6, 6.07) is 8.53. The molecule has 1 unspecified atom stereocenters. The Morgan fingerprint density at radius 3 is 2.80 bits per heavy atom. The van der Waals surface area contributed by atoms with Crippen LogP contribution in [0.1, 0.15) is 13.3 Å². The minimum atomic E-state index is 0.461. The summed E-state index contributed by atoms with van der Waals surface area (Å²) in [5.41, 5.74) is 1.13. The smallest absolute Gasteiger partial charge is 0.119 e. The van der Waals surface area contributed by atoms with E-state index in [9.17, 15) is 0 Å². The summed E-state index contributed by atoms with van der Waals surface area (Å²) < 4.78 is 10.7. The van der Waals surface area contributed by atoms with Crippen LogP contribution in [0.3, 0.4) is 0 Å². The van der Waals surface area contributed by atoms with Crippen LogP contribution in [0.15, 0.2) is 24.3 Å². The van der Waals surface area contributed by atoms with Gasteiger partial charge >= 0.3 is 0 Å². The van der Waals surface area contributed by atoms with Gasteiger partial charge in [-0.3, -0.25) is 0 Å². The topological polar surface area (TPSA) is 30.5 Å². The molecule has 0 spiro atoms. The highest BCUT2D eigenvalue weighted by Gasteiger charge is 2.14. The number of ether oxygens (including phenoxy) is 2. The van der Waals surface area contributed by atoms with Crippen molar-refractivity contribution in [2.24, 2.45) is 0 Å². The number of benzene rings is 1. The first kappa shape index (κ1) is 10.3. The van der Waals surface area contributed by atoms with Gasteiger partial charge in [0.2, 0.25) is 0 Å². The summed E-state index contributed by atoms with van der Waals surface area (Å²) in [6.07, 6.45) is 1.09. The van der Waals surface area contributed by atoms with Gasteiger partial charge in [-0.05, 0) is 37.6 Å². The predicted octanol–water partition coefficient (Wildman–Crippen LogP) is 2.29. The fourth-order valence-electron chi connectivity index (χ4n) is 1.70. The summed E-state index contributed by atoms with van der Waals surface area (Å²) in [4.78, 5) is 0. The molecule has 0 aromatic heterocycles. The van der Waals surface area contributed by atoms with E-state index in [0.29, 0.717) is 12.6 Å². The van der Waals surface area contributed by atoms with E-state index < -0.39 is 0 Å². The summed E-state index contributed by atoms with van der Waals surface area (Å²) in [5.74, 6) is 0.922. The third-order valence-corrected chi connectivity index (χ3v) is 2.47. The standard InChI is InChI=1S/C12H17NO2/c1-2-15-12-5-3-10(4-6-12)13-11-7-8-14-9-11/h3-6,11,13H,2,7-9H2,1H3. The van der Waals surface area contributed by atoms with Crippen molar-refractivity contribution >= 4 is 5.69 Å². The number of hydrogen-bond acceptors (Lipinski definition) is 3. The molecule has 3 heteroatoms. The Morgan fingerprint density at radius 1 is 1.40 bits per heavy atom. The Morgan fingerprint density at radius 2 is 2.20 bits per heavy atom. The third kappa shape index (κ3) is 2.86. The fourth-order valence-corrected chi connectivity index (χ4v) is 1.70. The molecular formula is C12H17NO2. The zero-order valence-corrected chi connectivity index (χ0v) is 9.03. The molecular weight excluding hydrogens is 190 g/mol. The van der Waals surface area contributed by atoms with Crippen molar-refractivity contribution in [3.63, 3.8) is 0 Å². The fraction of sp³-hybridized carbons (Fsp3) is 0.500. The highest BCUT2D eigenvalue weighted by Crippen LogP contribution is 2.18. The van der Waals surface area contributed by atoms with E-state index >= 15 is 0 Å². The molecule has 2 rings (SSSR count). The van der Waals surface area contributed by atoms with Gasteiger partial charge in [-0.25, -0.2) is 0 Å². The number of anilines is 1. The summed E-state index contributed by atoms with van der Waals surface area (Å²) >= 11 is 0. The Balaban J connectivity index is 1.91. The van der Waals surface area contributed by atoms with Gasteiger partial charge < -0.3 is 14.8 Å².